The molecule has 0 N–H and O–H groups in total. The van der Waals surface area contributed by atoms with E-state index in [2.05, 4.69) is 81.4 Å². The van der Waals surface area contributed by atoms with Gasteiger partial charge in [0.2, 0.25) is 0 Å². The highest BCUT2D eigenvalue weighted by Crippen LogP contribution is 2.70. The zero-order valence-electron chi connectivity index (χ0n) is 41.4. The molecular weight excluding hydrogens is 745 g/mol. The molecule has 10 aliphatic rings. The topological polar surface area (TPSA) is 27.7 Å². The standard InChI is InChI=1S/C58H94O3/c1-37(2)51(21-11-39(5)45-17-19-47-43-15-13-41-35-57(31-33-59-57)29-27-53(41,7)49(43)23-25-55(45,47)9)61-52(38(3)4)22-12-40(6)46-18-20-48-44-16-14-42-36-58(32-34-60-58)30-28-54(42,8)50(44)24-26-56(46,48)10/h13-14,37-40,43-52H,11-12,15-36H2,1-10H3/t39-,40-,43?,44?,45-,46-,47?,48?,49?,50?,51?,52?,53+,54+,55-,56-,57?,58?/m1/s1. The monoisotopic (exact) mass is 839 g/mol. The van der Waals surface area contributed by atoms with Crippen molar-refractivity contribution in [3.05, 3.63) is 23.3 Å². The molecule has 344 valence electrons. The zero-order chi connectivity index (χ0) is 42.7. The summed E-state index contributed by atoms with van der Waals surface area (Å²) in [4.78, 5) is 0. The van der Waals surface area contributed by atoms with Gasteiger partial charge in [0, 0.05) is 12.8 Å². The molecule has 61 heavy (non-hydrogen) atoms. The van der Waals surface area contributed by atoms with E-state index in [9.17, 15) is 0 Å². The van der Waals surface area contributed by atoms with E-state index in [1.54, 1.807) is 11.1 Å². The maximum absolute atomic E-state index is 7.35. The van der Waals surface area contributed by atoms with Crippen molar-refractivity contribution in [2.24, 2.45) is 92.7 Å². The molecule has 3 heteroatoms. The smallest absolute Gasteiger partial charge is 0.0741 e. The van der Waals surface area contributed by atoms with Crippen LogP contribution in [0.2, 0.25) is 0 Å². The van der Waals surface area contributed by atoms with Gasteiger partial charge in [-0.25, -0.2) is 0 Å². The molecule has 2 heterocycles. The second-order valence-corrected chi connectivity index (χ2v) is 26.7. The summed E-state index contributed by atoms with van der Waals surface area (Å²) < 4.78 is 19.8. The van der Waals surface area contributed by atoms with Crippen LogP contribution in [0, 0.1) is 92.7 Å². The SMILES string of the molecule is CC(C)C(CC[C@@H](C)[C@H]1CCC2C3CC=C4CC5(CCO5)CC[C@]4(C)C3CC[C@@]21C)OC(CC[C@@H](C)[C@H]1CCC2C3CC=C4CC5(CCO5)CC[C@]4(C)C3CC[C@@]21C)C(C)C. The first-order valence-corrected chi connectivity index (χ1v) is 27.4. The molecule has 0 radical (unpaired) electrons. The lowest BCUT2D eigenvalue weighted by Gasteiger charge is -2.61. The fraction of sp³-hybridized carbons (Fsp3) is 0.931. The number of ether oxygens (including phenoxy) is 3. The molecule has 6 saturated carbocycles. The first-order chi connectivity index (χ1) is 29.0. The van der Waals surface area contributed by atoms with Gasteiger partial charge in [-0.2, -0.15) is 0 Å². The molecule has 2 saturated heterocycles. The summed E-state index contributed by atoms with van der Waals surface area (Å²) in [6.45, 7) is 28.0. The first-order valence-electron chi connectivity index (χ1n) is 27.4. The van der Waals surface area contributed by atoms with Crippen LogP contribution in [0.15, 0.2) is 23.3 Å². The number of rotatable bonds is 12. The third-order valence-electron chi connectivity index (χ3n) is 23.6. The molecule has 8 aliphatic carbocycles. The average Bonchev–Trinajstić information content (AvgIpc) is 3.75. The Labute approximate surface area is 375 Å². The summed E-state index contributed by atoms with van der Waals surface area (Å²) in [6, 6.07) is 0. The van der Waals surface area contributed by atoms with Crippen LogP contribution in [-0.2, 0) is 14.2 Å². The summed E-state index contributed by atoms with van der Waals surface area (Å²) >= 11 is 0. The molecule has 10 unspecified atom stereocenters. The molecule has 0 bridgehead atoms. The Balaban J connectivity index is 0.735. The molecule has 2 aliphatic heterocycles. The van der Waals surface area contributed by atoms with Crippen LogP contribution < -0.4 is 0 Å². The number of hydrogen-bond acceptors (Lipinski definition) is 3. The van der Waals surface area contributed by atoms with E-state index in [-0.39, 0.29) is 11.2 Å². The van der Waals surface area contributed by atoms with E-state index in [1.165, 1.54) is 141 Å². The van der Waals surface area contributed by atoms with E-state index in [0.29, 0.717) is 45.7 Å². The van der Waals surface area contributed by atoms with E-state index < -0.39 is 0 Å². The summed E-state index contributed by atoms with van der Waals surface area (Å²) in [7, 11) is 0. The van der Waals surface area contributed by atoms with Gasteiger partial charge in [-0.3, -0.25) is 0 Å². The third kappa shape index (κ3) is 7.14. The van der Waals surface area contributed by atoms with Crippen LogP contribution in [0.5, 0.6) is 0 Å². The van der Waals surface area contributed by atoms with Gasteiger partial charge in [-0.1, -0.05) is 92.5 Å². The molecule has 0 amide bonds. The molecule has 2 spiro atoms. The highest BCUT2D eigenvalue weighted by Gasteiger charge is 2.62. The van der Waals surface area contributed by atoms with Gasteiger partial charge in [0.05, 0.1) is 36.6 Å². The van der Waals surface area contributed by atoms with Gasteiger partial charge in [-0.15, -0.1) is 0 Å². The van der Waals surface area contributed by atoms with Crippen molar-refractivity contribution in [2.75, 3.05) is 13.2 Å². The van der Waals surface area contributed by atoms with Crippen LogP contribution in [0.25, 0.3) is 0 Å². The normalized spacial score (nSPS) is 49.3. The summed E-state index contributed by atoms with van der Waals surface area (Å²) in [5, 5.41) is 0. The summed E-state index contributed by atoms with van der Waals surface area (Å²) in [6.07, 6.45) is 36.3. The van der Waals surface area contributed by atoms with Crippen molar-refractivity contribution < 1.29 is 14.2 Å². The van der Waals surface area contributed by atoms with Gasteiger partial charge in [0.1, 0.15) is 0 Å². The number of allylic oxidation sites excluding steroid dienone is 2. The maximum atomic E-state index is 7.35. The van der Waals surface area contributed by atoms with E-state index in [0.717, 1.165) is 72.4 Å². The van der Waals surface area contributed by atoms with Crippen molar-refractivity contribution in [1.29, 1.82) is 0 Å². The van der Waals surface area contributed by atoms with Crippen molar-refractivity contribution in [3.63, 3.8) is 0 Å². The van der Waals surface area contributed by atoms with Gasteiger partial charge in [0.15, 0.2) is 0 Å². The van der Waals surface area contributed by atoms with E-state index >= 15 is 0 Å². The quantitative estimate of drug-likeness (QED) is 0.183. The zero-order valence-corrected chi connectivity index (χ0v) is 41.4. The van der Waals surface area contributed by atoms with E-state index in [4.69, 9.17) is 14.2 Å². The fourth-order valence-electron chi connectivity index (χ4n) is 19.4. The van der Waals surface area contributed by atoms with Crippen molar-refractivity contribution in [3.8, 4) is 0 Å². The average molecular weight is 839 g/mol. The lowest BCUT2D eigenvalue weighted by Crippen LogP contribution is -2.55. The largest absolute Gasteiger partial charge is 0.374 e. The van der Waals surface area contributed by atoms with Crippen LogP contribution >= 0.6 is 0 Å². The van der Waals surface area contributed by atoms with Crippen molar-refractivity contribution in [2.45, 2.75) is 234 Å². The van der Waals surface area contributed by atoms with Crippen LogP contribution in [0.4, 0.5) is 0 Å². The minimum Gasteiger partial charge on any atom is -0.374 e. The molecule has 10 rings (SSSR count). The Kier molecular flexibility index (Phi) is 11.6. The lowest BCUT2D eigenvalue weighted by atomic mass is 9.46. The van der Waals surface area contributed by atoms with Crippen molar-refractivity contribution >= 4 is 0 Å². The predicted molar refractivity (Wildman–Crippen MR) is 252 cm³/mol. The van der Waals surface area contributed by atoms with Crippen LogP contribution in [0.3, 0.4) is 0 Å². The summed E-state index contributed by atoms with van der Waals surface area (Å²) in [5.74, 6) is 9.93. The molecule has 18 atom stereocenters. The molecule has 0 aromatic rings. The number of fused-ring (bicyclic) bond motifs is 10. The Morgan fingerprint density at radius 3 is 1.28 bits per heavy atom. The Morgan fingerprint density at radius 1 is 0.508 bits per heavy atom. The second-order valence-electron chi connectivity index (χ2n) is 26.7. The first kappa shape index (κ1) is 44.2. The molecule has 0 aromatic heterocycles. The Morgan fingerprint density at radius 2 is 0.918 bits per heavy atom. The van der Waals surface area contributed by atoms with E-state index in [1.807, 2.05) is 0 Å². The number of hydrogen-bond donors (Lipinski definition) is 0. The molecular formula is C58H94O3. The highest BCUT2D eigenvalue weighted by atomic mass is 16.5. The van der Waals surface area contributed by atoms with Gasteiger partial charge >= 0.3 is 0 Å². The minimum absolute atomic E-state index is 0.222. The van der Waals surface area contributed by atoms with Gasteiger partial charge < -0.3 is 14.2 Å². The van der Waals surface area contributed by atoms with Gasteiger partial charge in [-0.05, 0) is 221 Å². The predicted octanol–water partition coefficient (Wildman–Crippen LogP) is 15.4. The van der Waals surface area contributed by atoms with Crippen LogP contribution in [-0.4, -0.2) is 36.6 Å². The fourth-order valence-corrected chi connectivity index (χ4v) is 19.4. The lowest BCUT2D eigenvalue weighted by molar-refractivity contribution is -0.173. The second kappa shape index (κ2) is 16.0. The molecule has 8 fully saturated rings. The van der Waals surface area contributed by atoms with Crippen LogP contribution in [0.1, 0.15) is 210 Å². The third-order valence-corrected chi connectivity index (χ3v) is 23.6. The van der Waals surface area contributed by atoms with Crippen molar-refractivity contribution in [1.82, 2.24) is 0 Å². The Bertz CT molecular complexity index is 1540. The highest BCUT2D eigenvalue weighted by molar-refractivity contribution is 5.29. The van der Waals surface area contributed by atoms with Gasteiger partial charge in [0.25, 0.3) is 0 Å². The Hall–Kier alpha value is -0.640. The summed E-state index contributed by atoms with van der Waals surface area (Å²) in [5.41, 5.74) is 5.95. The molecule has 0 aromatic carbocycles. The maximum Gasteiger partial charge on any atom is 0.0741 e. The molecule has 3 nitrogen and oxygen atoms in total. The minimum atomic E-state index is 0.222.